The van der Waals surface area contributed by atoms with Gasteiger partial charge in [0.05, 0.1) is 12.7 Å². The molecule has 0 amide bonds. The maximum Gasteiger partial charge on any atom is 0.267 e. The first-order valence-electron chi connectivity index (χ1n) is 4.67. The van der Waals surface area contributed by atoms with E-state index in [4.69, 9.17) is 9.84 Å². The van der Waals surface area contributed by atoms with Crippen molar-refractivity contribution in [2.75, 3.05) is 13.7 Å². The molecule has 0 aliphatic heterocycles. The molecule has 0 saturated heterocycles. The van der Waals surface area contributed by atoms with E-state index in [1.807, 2.05) is 0 Å². The summed E-state index contributed by atoms with van der Waals surface area (Å²) in [4.78, 5) is 0. The minimum absolute atomic E-state index is 0.124. The molecule has 0 heterocycles. The Labute approximate surface area is 87.5 Å². The van der Waals surface area contributed by atoms with Crippen molar-refractivity contribution in [2.45, 2.75) is 19.3 Å². The van der Waals surface area contributed by atoms with Crippen molar-refractivity contribution in [3.05, 3.63) is 29.3 Å². The fourth-order valence-electron chi connectivity index (χ4n) is 1.50. The largest absolute Gasteiger partial charge is 0.496 e. The summed E-state index contributed by atoms with van der Waals surface area (Å²) in [5, 5.41) is 8.97. The van der Waals surface area contributed by atoms with Gasteiger partial charge in [0.15, 0.2) is 0 Å². The topological polar surface area (TPSA) is 29.5 Å². The van der Waals surface area contributed by atoms with Gasteiger partial charge in [0.25, 0.3) is 6.43 Å². The van der Waals surface area contributed by atoms with Crippen molar-refractivity contribution in [1.82, 2.24) is 0 Å². The van der Waals surface area contributed by atoms with Crippen molar-refractivity contribution < 1.29 is 18.6 Å². The lowest BCUT2D eigenvalue weighted by Gasteiger charge is -2.16. The van der Waals surface area contributed by atoms with Gasteiger partial charge in [-0.1, -0.05) is 19.1 Å². The van der Waals surface area contributed by atoms with Crippen LogP contribution in [0.25, 0.3) is 0 Å². The molecule has 0 saturated carbocycles. The van der Waals surface area contributed by atoms with Gasteiger partial charge in [0.2, 0.25) is 0 Å². The number of methoxy groups -OCH3 is 1. The minimum atomic E-state index is -2.59. The number of rotatable bonds is 4. The summed E-state index contributed by atoms with van der Waals surface area (Å²) < 4.78 is 30.5. The Morgan fingerprint density at radius 3 is 2.53 bits per heavy atom. The number of alkyl halides is 2. The Bertz CT molecular complexity index is 326. The van der Waals surface area contributed by atoms with Gasteiger partial charge in [-0.3, -0.25) is 0 Å². The standard InChI is InChI=1S/C11H14F2O2/c1-7(6-14)8-4-3-5-9(15-2)10(8)11(12)13/h3-5,7,11,14H,6H2,1-2H3. The summed E-state index contributed by atoms with van der Waals surface area (Å²) in [5.41, 5.74) is 0.313. The van der Waals surface area contributed by atoms with E-state index < -0.39 is 6.43 Å². The van der Waals surface area contributed by atoms with Crippen molar-refractivity contribution >= 4 is 0 Å². The van der Waals surface area contributed by atoms with E-state index in [0.29, 0.717) is 5.56 Å². The molecule has 0 aliphatic carbocycles. The van der Waals surface area contributed by atoms with E-state index in [1.165, 1.54) is 13.2 Å². The average Bonchev–Trinajstić information content (AvgIpc) is 2.26. The van der Waals surface area contributed by atoms with Crippen LogP contribution in [0.3, 0.4) is 0 Å². The highest BCUT2D eigenvalue weighted by Gasteiger charge is 2.21. The second-order valence-electron chi connectivity index (χ2n) is 3.35. The minimum Gasteiger partial charge on any atom is -0.496 e. The van der Waals surface area contributed by atoms with E-state index in [0.717, 1.165) is 0 Å². The predicted octanol–water partition coefficient (Wildman–Crippen LogP) is 2.73. The summed E-state index contributed by atoms with van der Waals surface area (Å²) in [6.07, 6.45) is -2.59. The summed E-state index contributed by atoms with van der Waals surface area (Å²) in [6.45, 7) is 1.54. The summed E-state index contributed by atoms with van der Waals surface area (Å²) in [7, 11) is 1.36. The number of halogens is 2. The van der Waals surface area contributed by atoms with Crippen molar-refractivity contribution in [2.24, 2.45) is 0 Å². The van der Waals surface area contributed by atoms with Crippen LogP contribution in [0.5, 0.6) is 5.75 Å². The van der Waals surface area contributed by atoms with E-state index in [-0.39, 0.29) is 23.8 Å². The maximum atomic E-state index is 12.8. The van der Waals surface area contributed by atoms with Crippen LogP contribution in [0, 0.1) is 0 Å². The molecular formula is C11H14F2O2. The molecule has 0 fully saturated rings. The first-order chi connectivity index (χ1) is 7.11. The molecule has 84 valence electrons. The Kier molecular flexibility index (Phi) is 4.03. The highest BCUT2D eigenvalue weighted by atomic mass is 19.3. The molecule has 0 aliphatic rings. The number of ether oxygens (including phenoxy) is 1. The van der Waals surface area contributed by atoms with Gasteiger partial charge in [0, 0.05) is 12.5 Å². The first kappa shape index (κ1) is 11.9. The number of aliphatic hydroxyl groups is 1. The van der Waals surface area contributed by atoms with Gasteiger partial charge in [-0.2, -0.15) is 0 Å². The molecule has 0 spiro atoms. The summed E-state index contributed by atoms with van der Waals surface area (Å²) in [5.74, 6) is -0.146. The molecule has 15 heavy (non-hydrogen) atoms. The van der Waals surface area contributed by atoms with E-state index >= 15 is 0 Å². The lowest BCUT2D eigenvalue weighted by Crippen LogP contribution is -2.05. The van der Waals surface area contributed by atoms with Crippen molar-refractivity contribution in [3.63, 3.8) is 0 Å². The van der Waals surface area contributed by atoms with Gasteiger partial charge in [-0.15, -0.1) is 0 Å². The summed E-state index contributed by atoms with van der Waals surface area (Å²) in [6, 6.07) is 4.73. The first-order valence-corrected chi connectivity index (χ1v) is 4.67. The third-order valence-electron chi connectivity index (χ3n) is 2.34. The third kappa shape index (κ3) is 2.45. The monoisotopic (exact) mass is 216 g/mol. The Hall–Kier alpha value is -1.16. The fraction of sp³-hybridized carbons (Fsp3) is 0.455. The van der Waals surface area contributed by atoms with Gasteiger partial charge in [-0.05, 0) is 11.6 Å². The molecule has 1 atom stereocenters. The van der Waals surface area contributed by atoms with Crippen molar-refractivity contribution in [3.8, 4) is 5.75 Å². The number of benzene rings is 1. The highest BCUT2D eigenvalue weighted by Crippen LogP contribution is 2.35. The molecule has 0 bridgehead atoms. The molecule has 0 aromatic heterocycles. The number of hydrogen-bond donors (Lipinski definition) is 1. The van der Waals surface area contributed by atoms with Crippen LogP contribution in [0.2, 0.25) is 0 Å². The zero-order valence-electron chi connectivity index (χ0n) is 8.71. The molecule has 2 nitrogen and oxygen atoms in total. The molecule has 1 aromatic rings. The second-order valence-corrected chi connectivity index (χ2v) is 3.35. The zero-order valence-corrected chi connectivity index (χ0v) is 8.71. The van der Waals surface area contributed by atoms with Crippen LogP contribution < -0.4 is 4.74 Å². The molecule has 1 unspecified atom stereocenters. The average molecular weight is 216 g/mol. The smallest absolute Gasteiger partial charge is 0.267 e. The molecule has 4 heteroatoms. The highest BCUT2D eigenvalue weighted by molar-refractivity contribution is 5.42. The zero-order chi connectivity index (χ0) is 11.4. The quantitative estimate of drug-likeness (QED) is 0.838. The number of aliphatic hydroxyl groups excluding tert-OH is 1. The van der Waals surface area contributed by atoms with Gasteiger partial charge >= 0.3 is 0 Å². The molecule has 0 radical (unpaired) electrons. The van der Waals surface area contributed by atoms with Gasteiger partial charge < -0.3 is 9.84 Å². The Balaban J connectivity index is 3.25. The van der Waals surface area contributed by atoms with Gasteiger partial charge in [0.1, 0.15) is 5.75 Å². The molecule has 1 rings (SSSR count). The van der Waals surface area contributed by atoms with Crippen LogP contribution in [0.4, 0.5) is 8.78 Å². The van der Waals surface area contributed by atoms with Gasteiger partial charge in [-0.25, -0.2) is 8.78 Å². The Morgan fingerprint density at radius 2 is 2.07 bits per heavy atom. The van der Waals surface area contributed by atoms with Crippen LogP contribution in [0.1, 0.15) is 30.4 Å². The number of hydrogen-bond acceptors (Lipinski definition) is 2. The molecule has 1 aromatic carbocycles. The van der Waals surface area contributed by atoms with Crippen LogP contribution >= 0.6 is 0 Å². The van der Waals surface area contributed by atoms with E-state index in [2.05, 4.69) is 0 Å². The van der Waals surface area contributed by atoms with E-state index in [9.17, 15) is 8.78 Å². The lowest BCUT2D eigenvalue weighted by molar-refractivity contribution is 0.144. The van der Waals surface area contributed by atoms with Crippen molar-refractivity contribution in [1.29, 1.82) is 0 Å². The Morgan fingerprint density at radius 1 is 1.40 bits per heavy atom. The van der Waals surface area contributed by atoms with E-state index in [1.54, 1.807) is 19.1 Å². The predicted molar refractivity (Wildman–Crippen MR) is 53.5 cm³/mol. The fourth-order valence-corrected chi connectivity index (χ4v) is 1.50. The SMILES string of the molecule is COc1cccc(C(C)CO)c1C(F)F. The third-order valence-corrected chi connectivity index (χ3v) is 2.34. The molecule has 1 N–H and O–H groups in total. The molecular weight excluding hydrogens is 202 g/mol. The normalized spacial score (nSPS) is 12.9. The van der Waals surface area contributed by atoms with Crippen LogP contribution in [-0.4, -0.2) is 18.8 Å². The lowest BCUT2D eigenvalue weighted by atomic mass is 9.96. The summed E-state index contributed by atoms with van der Waals surface area (Å²) >= 11 is 0. The van der Waals surface area contributed by atoms with Crippen LogP contribution in [-0.2, 0) is 0 Å². The maximum absolute atomic E-state index is 12.8. The second kappa shape index (κ2) is 5.07. The van der Waals surface area contributed by atoms with Crippen LogP contribution in [0.15, 0.2) is 18.2 Å².